The lowest BCUT2D eigenvalue weighted by Crippen LogP contribution is -2.19. The van der Waals surface area contributed by atoms with Crippen LogP contribution in [0.15, 0.2) is 42.5 Å². The zero-order valence-electron chi connectivity index (χ0n) is 13.3. The molecule has 1 atom stereocenters. The highest BCUT2D eigenvalue weighted by Gasteiger charge is 2.42. The topological polar surface area (TPSA) is 26.3 Å². The Balaban J connectivity index is 2.43. The molecule has 0 aliphatic heterocycles. The summed E-state index contributed by atoms with van der Waals surface area (Å²) < 4.78 is 83.9. The number of ether oxygens (including phenoxy) is 1. The lowest BCUT2D eigenvalue weighted by Gasteiger charge is -2.17. The molecule has 2 aromatic rings. The van der Waals surface area contributed by atoms with Crippen molar-refractivity contribution in [3.8, 4) is 5.75 Å². The Morgan fingerprint density at radius 3 is 1.85 bits per heavy atom. The third kappa shape index (κ3) is 4.75. The average Bonchev–Trinajstić information content (AvgIpc) is 2.54. The molecule has 0 aliphatic rings. The second kappa shape index (κ2) is 7.66. The molecule has 0 bridgehead atoms. The summed E-state index contributed by atoms with van der Waals surface area (Å²) in [5.74, 6) is 0.486. The predicted octanol–water partition coefficient (Wildman–Crippen LogP) is 5.27. The highest BCUT2D eigenvalue weighted by molar-refractivity contribution is 7.66. The summed E-state index contributed by atoms with van der Waals surface area (Å²) in [7, 11) is -0.889. The molecule has 0 heterocycles. The average molecular weight is 394 g/mol. The van der Waals surface area contributed by atoms with Crippen LogP contribution in [0.5, 0.6) is 5.75 Å². The Labute approximate surface area is 146 Å². The number of carbonyl (C=O) groups is 1. The van der Waals surface area contributed by atoms with Crippen LogP contribution >= 0.6 is 8.58 Å². The van der Waals surface area contributed by atoms with Crippen LogP contribution in [0, 0.1) is 0 Å². The normalized spacial score (nSPS) is 12.6. The minimum Gasteiger partial charge on any atom is -0.494 e. The van der Waals surface area contributed by atoms with Gasteiger partial charge < -0.3 is 4.74 Å². The number of benzene rings is 2. The van der Waals surface area contributed by atoms with E-state index in [9.17, 15) is 31.1 Å². The third-order valence-corrected chi connectivity index (χ3v) is 4.42. The Morgan fingerprint density at radius 1 is 0.923 bits per heavy atom. The van der Waals surface area contributed by atoms with Crippen molar-refractivity contribution in [1.29, 1.82) is 0 Å². The molecule has 2 aromatic carbocycles. The highest BCUT2D eigenvalue weighted by atomic mass is 31.1. The molecule has 2 nitrogen and oxygen atoms in total. The maximum absolute atomic E-state index is 13.1. The van der Waals surface area contributed by atoms with Crippen LogP contribution in [-0.2, 0) is 12.4 Å². The van der Waals surface area contributed by atoms with Gasteiger partial charge in [0.25, 0.3) is 0 Å². The fourth-order valence-electron chi connectivity index (χ4n) is 2.26. The lowest BCUT2D eigenvalue weighted by atomic mass is 10.0. The van der Waals surface area contributed by atoms with E-state index in [1.165, 1.54) is 24.3 Å². The Kier molecular flexibility index (Phi) is 5.96. The van der Waals surface area contributed by atoms with Crippen LogP contribution in [0.4, 0.5) is 26.3 Å². The first kappa shape index (κ1) is 20.2. The second-order valence-electron chi connectivity index (χ2n) is 5.14. The first-order valence-corrected chi connectivity index (χ1v) is 8.35. The number of carbonyl (C=O) groups excluding carboxylic acids is 1. The van der Waals surface area contributed by atoms with E-state index < -0.39 is 43.1 Å². The molecule has 0 aliphatic carbocycles. The van der Waals surface area contributed by atoms with E-state index in [0.717, 1.165) is 0 Å². The first-order chi connectivity index (χ1) is 12.0. The van der Waals surface area contributed by atoms with Gasteiger partial charge in [0.1, 0.15) is 5.75 Å². The predicted molar refractivity (Wildman–Crippen MR) is 86.3 cm³/mol. The van der Waals surface area contributed by atoms with Gasteiger partial charge in [-0.05, 0) is 45.1 Å². The minimum absolute atomic E-state index is 0.309. The summed E-state index contributed by atoms with van der Waals surface area (Å²) in [5.41, 5.74) is -5.75. The van der Waals surface area contributed by atoms with E-state index in [1.54, 1.807) is 6.92 Å². The van der Waals surface area contributed by atoms with E-state index >= 15 is 0 Å². The summed E-state index contributed by atoms with van der Waals surface area (Å²) in [6.07, 6.45) is -10.1. The van der Waals surface area contributed by atoms with Gasteiger partial charge in [0.05, 0.1) is 17.7 Å². The smallest absolute Gasteiger partial charge is 0.417 e. The van der Waals surface area contributed by atoms with Gasteiger partial charge in [-0.2, -0.15) is 26.3 Å². The van der Waals surface area contributed by atoms with Gasteiger partial charge in [-0.25, -0.2) is 0 Å². The zero-order chi connectivity index (χ0) is 19.5. The van der Waals surface area contributed by atoms with E-state index in [4.69, 9.17) is 4.74 Å². The summed E-state index contributed by atoms with van der Waals surface area (Å²) in [6.45, 7) is 2.15. The zero-order valence-corrected chi connectivity index (χ0v) is 14.3. The molecule has 0 fully saturated rings. The molecule has 0 saturated heterocycles. The van der Waals surface area contributed by atoms with Gasteiger partial charge in [-0.3, -0.25) is 4.79 Å². The second-order valence-corrected chi connectivity index (χ2v) is 6.42. The van der Waals surface area contributed by atoms with Crippen molar-refractivity contribution in [3.63, 3.8) is 0 Å². The molecule has 0 aromatic heterocycles. The SMILES string of the molecule is CCOc1ccc(PC(=O)c2c(C(F)(F)F)cccc2C(F)(F)F)cc1. The molecule has 0 radical (unpaired) electrons. The molecule has 9 heteroatoms. The van der Waals surface area contributed by atoms with Gasteiger partial charge in [0.15, 0.2) is 5.52 Å². The summed E-state index contributed by atoms with van der Waals surface area (Å²) in [4.78, 5) is 12.3. The number of rotatable bonds is 5. The van der Waals surface area contributed by atoms with Crippen LogP contribution < -0.4 is 10.0 Å². The lowest BCUT2D eigenvalue weighted by molar-refractivity contribution is -0.143. The molecular weight excluding hydrogens is 381 g/mol. The van der Waals surface area contributed by atoms with Gasteiger partial charge in [-0.15, -0.1) is 0 Å². The van der Waals surface area contributed by atoms with Crippen molar-refractivity contribution in [2.24, 2.45) is 0 Å². The quantitative estimate of drug-likeness (QED) is 0.510. The largest absolute Gasteiger partial charge is 0.494 e. The number of alkyl halides is 6. The number of halogens is 6. The van der Waals surface area contributed by atoms with E-state index in [-0.39, 0.29) is 0 Å². The maximum atomic E-state index is 13.1. The van der Waals surface area contributed by atoms with Gasteiger partial charge in [0.2, 0.25) is 0 Å². The molecule has 140 valence electrons. The fourth-order valence-corrected chi connectivity index (χ4v) is 3.25. The summed E-state index contributed by atoms with van der Waals surface area (Å²) >= 11 is 0. The van der Waals surface area contributed by atoms with E-state index in [0.29, 0.717) is 35.9 Å². The van der Waals surface area contributed by atoms with Crippen LogP contribution in [0.3, 0.4) is 0 Å². The molecule has 2 rings (SSSR count). The van der Waals surface area contributed by atoms with Gasteiger partial charge in [0, 0.05) is 5.56 Å². The number of hydrogen-bond acceptors (Lipinski definition) is 2. The maximum Gasteiger partial charge on any atom is 0.417 e. The first-order valence-electron chi connectivity index (χ1n) is 7.35. The highest BCUT2D eigenvalue weighted by Crippen LogP contribution is 2.41. The minimum atomic E-state index is -5.07. The molecule has 0 N–H and O–H groups in total. The molecule has 0 amide bonds. The van der Waals surface area contributed by atoms with Crippen molar-refractivity contribution in [3.05, 3.63) is 59.2 Å². The Morgan fingerprint density at radius 2 is 1.42 bits per heavy atom. The van der Waals surface area contributed by atoms with Gasteiger partial charge in [-0.1, -0.05) is 18.2 Å². The van der Waals surface area contributed by atoms with Crippen LogP contribution in [0.2, 0.25) is 0 Å². The van der Waals surface area contributed by atoms with Crippen LogP contribution in [0.25, 0.3) is 0 Å². The summed E-state index contributed by atoms with van der Waals surface area (Å²) in [6, 6.07) is 7.47. The van der Waals surface area contributed by atoms with Crippen LogP contribution in [-0.4, -0.2) is 12.1 Å². The molecule has 26 heavy (non-hydrogen) atoms. The molecular formula is C17H13F6O2P. The Hall–Kier alpha value is -2.08. The third-order valence-electron chi connectivity index (χ3n) is 3.33. The molecule has 0 spiro atoms. The van der Waals surface area contributed by atoms with Crippen molar-refractivity contribution in [1.82, 2.24) is 0 Å². The van der Waals surface area contributed by atoms with E-state index in [2.05, 4.69) is 0 Å². The van der Waals surface area contributed by atoms with Crippen molar-refractivity contribution < 1.29 is 35.9 Å². The van der Waals surface area contributed by atoms with Crippen molar-refractivity contribution in [2.75, 3.05) is 6.61 Å². The number of hydrogen-bond donors (Lipinski definition) is 0. The van der Waals surface area contributed by atoms with Crippen LogP contribution in [0.1, 0.15) is 28.4 Å². The molecule has 1 unspecified atom stereocenters. The van der Waals surface area contributed by atoms with E-state index in [1.807, 2.05) is 0 Å². The van der Waals surface area contributed by atoms with Crippen molar-refractivity contribution in [2.45, 2.75) is 19.3 Å². The Bertz CT molecular complexity index is 749. The standard InChI is InChI=1S/C17H13F6O2P/c1-2-25-10-6-8-11(9-7-10)26-15(24)14-12(16(18,19)20)4-3-5-13(14)17(21,22)23/h3-9,26H,2H2,1H3. The van der Waals surface area contributed by atoms with Gasteiger partial charge >= 0.3 is 12.4 Å². The monoisotopic (exact) mass is 394 g/mol. The fraction of sp³-hybridized carbons (Fsp3) is 0.235. The van der Waals surface area contributed by atoms with Crippen molar-refractivity contribution >= 4 is 19.4 Å². The summed E-state index contributed by atoms with van der Waals surface area (Å²) in [5, 5.41) is 0.309. The molecule has 0 saturated carbocycles.